The Balaban J connectivity index is 1.48. The maximum Gasteiger partial charge on any atom is 0.344 e. The number of aromatic nitrogens is 2. The number of halogens is 2. The van der Waals surface area contributed by atoms with Gasteiger partial charge in [0.25, 0.3) is 5.91 Å². The molecule has 0 aliphatic rings. The number of nitrogens with one attached hydrogen (secondary N) is 1. The van der Waals surface area contributed by atoms with Crippen molar-refractivity contribution in [1.82, 2.24) is 8.75 Å². The van der Waals surface area contributed by atoms with Crippen molar-refractivity contribution in [3.8, 4) is 5.75 Å². The van der Waals surface area contributed by atoms with E-state index in [2.05, 4.69) is 30.0 Å². The largest absolute Gasteiger partial charge is 0.479 e. The van der Waals surface area contributed by atoms with Crippen LogP contribution in [0.15, 0.2) is 40.9 Å². The van der Waals surface area contributed by atoms with E-state index in [-0.39, 0.29) is 5.75 Å². The summed E-state index contributed by atoms with van der Waals surface area (Å²) in [4.78, 5) is 23.6. The predicted octanol–water partition coefficient (Wildman–Crippen LogP) is 3.15. The van der Waals surface area contributed by atoms with Crippen molar-refractivity contribution in [2.24, 2.45) is 0 Å². The summed E-state index contributed by atoms with van der Waals surface area (Å²) in [7, 11) is 0. The van der Waals surface area contributed by atoms with E-state index in [9.17, 15) is 14.0 Å². The van der Waals surface area contributed by atoms with Gasteiger partial charge in [-0.3, -0.25) is 4.79 Å². The molecule has 0 unspecified atom stereocenters. The maximum absolute atomic E-state index is 13.6. The molecule has 0 radical (unpaired) electrons. The van der Waals surface area contributed by atoms with Gasteiger partial charge in [0.05, 0.1) is 17.4 Å². The van der Waals surface area contributed by atoms with Gasteiger partial charge in [0.1, 0.15) is 11.0 Å². The molecule has 0 atom stereocenters. The molecule has 3 rings (SSSR count). The first kappa shape index (κ1) is 18.2. The second kappa shape index (κ2) is 8.19. The average molecular weight is 440 g/mol. The Labute approximate surface area is 159 Å². The molecule has 26 heavy (non-hydrogen) atoms. The number of carbonyl (C=O) groups is 2. The Morgan fingerprint density at radius 2 is 2.04 bits per heavy atom. The number of hydrogen-bond donors (Lipinski definition) is 1. The van der Waals surface area contributed by atoms with Gasteiger partial charge in [0.15, 0.2) is 24.8 Å². The molecule has 1 N–H and O–H groups in total. The van der Waals surface area contributed by atoms with Gasteiger partial charge >= 0.3 is 5.97 Å². The van der Waals surface area contributed by atoms with Crippen LogP contribution in [0.4, 0.5) is 10.1 Å². The van der Waals surface area contributed by atoms with Crippen LogP contribution in [0.5, 0.6) is 5.75 Å². The minimum atomic E-state index is -0.795. The smallest absolute Gasteiger partial charge is 0.344 e. The number of hydrogen-bond acceptors (Lipinski definition) is 7. The van der Waals surface area contributed by atoms with E-state index >= 15 is 0 Å². The van der Waals surface area contributed by atoms with Gasteiger partial charge in [-0.25, -0.2) is 9.18 Å². The van der Waals surface area contributed by atoms with Crippen LogP contribution in [-0.2, 0) is 14.3 Å². The maximum atomic E-state index is 13.6. The van der Waals surface area contributed by atoms with Crippen molar-refractivity contribution in [3.63, 3.8) is 0 Å². The monoisotopic (exact) mass is 439 g/mol. The highest BCUT2D eigenvalue weighted by molar-refractivity contribution is 9.10. The number of amides is 1. The van der Waals surface area contributed by atoms with Crippen molar-refractivity contribution in [3.05, 3.63) is 46.7 Å². The molecule has 2 aromatic carbocycles. The molecule has 1 aromatic heterocycles. The van der Waals surface area contributed by atoms with Crippen LogP contribution in [0.1, 0.15) is 0 Å². The van der Waals surface area contributed by atoms with E-state index in [0.717, 1.165) is 11.7 Å². The topological polar surface area (TPSA) is 90.4 Å². The Kier molecular flexibility index (Phi) is 5.74. The third-order valence-electron chi connectivity index (χ3n) is 3.16. The number of nitrogens with zero attached hydrogens (tertiary/aromatic N) is 2. The first-order valence-electron chi connectivity index (χ1n) is 7.27. The molecular weight excluding hydrogens is 429 g/mol. The van der Waals surface area contributed by atoms with Crippen molar-refractivity contribution in [2.45, 2.75) is 0 Å². The van der Waals surface area contributed by atoms with Crippen LogP contribution in [0.25, 0.3) is 11.0 Å². The van der Waals surface area contributed by atoms with Gasteiger partial charge in [-0.2, -0.15) is 8.75 Å². The molecular formula is C16H11BrFN3O4S. The summed E-state index contributed by atoms with van der Waals surface area (Å²) in [5.74, 6) is -2.03. The number of carbonyl (C=O) groups excluding carboxylic acids is 2. The molecule has 1 heterocycles. The minimum absolute atomic E-state index is 0.0858. The van der Waals surface area contributed by atoms with E-state index < -0.39 is 30.9 Å². The quantitative estimate of drug-likeness (QED) is 0.593. The lowest BCUT2D eigenvalue weighted by molar-refractivity contribution is -0.149. The van der Waals surface area contributed by atoms with Crippen molar-refractivity contribution >= 4 is 56.3 Å². The summed E-state index contributed by atoms with van der Waals surface area (Å²) in [6.45, 7) is -1.02. The highest BCUT2D eigenvalue weighted by Gasteiger charge is 2.12. The Hall–Kier alpha value is -2.59. The zero-order valence-electron chi connectivity index (χ0n) is 13.1. The minimum Gasteiger partial charge on any atom is -0.479 e. The summed E-state index contributed by atoms with van der Waals surface area (Å²) in [5, 5.41) is 2.60. The molecule has 0 saturated carbocycles. The van der Waals surface area contributed by atoms with Crippen molar-refractivity contribution < 1.29 is 23.5 Å². The summed E-state index contributed by atoms with van der Waals surface area (Å²) in [6, 6.07) is 9.33. The molecule has 0 aliphatic carbocycles. The fraction of sp³-hybridized carbons (Fsp3) is 0.125. The highest BCUT2D eigenvalue weighted by Crippen LogP contribution is 2.22. The average Bonchev–Trinajstić information content (AvgIpc) is 3.09. The van der Waals surface area contributed by atoms with Crippen LogP contribution in [-0.4, -0.2) is 33.8 Å². The van der Waals surface area contributed by atoms with Gasteiger partial charge in [-0.05, 0) is 30.3 Å². The predicted molar refractivity (Wildman–Crippen MR) is 96.6 cm³/mol. The van der Waals surface area contributed by atoms with Crippen LogP contribution in [0.3, 0.4) is 0 Å². The summed E-state index contributed by atoms with van der Waals surface area (Å²) < 4.78 is 32.1. The number of anilines is 1. The third-order valence-corrected chi connectivity index (χ3v) is 4.20. The fourth-order valence-corrected chi connectivity index (χ4v) is 2.89. The Morgan fingerprint density at radius 1 is 1.19 bits per heavy atom. The SMILES string of the molecule is O=C(COC(=O)COc1ccc(Br)cc1F)Nc1cccc2nsnc12. The van der Waals surface area contributed by atoms with E-state index in [1.807, 2.05) is 0 Å². The molecule has 0 aliphatic heterocycles. The molecule has 10 heteroatoms. The number of rotatable bonds is 6. The highest BCUT2D eigenvalue weighted by atomic mass is 79.9. The van der Waals surface area contributed by atoms with Crippen LogP contribution >= 0.6 is 27.7 Å². The van der Waals surface area contributed by atoms with Gasteiger partial charge in [-0.15, -0.1) is 0 Å². The molecule has 0 spiro atoms. The number of fused-ring (bicyclic) bond motifs is 1. The summed E-state index contributed by atoms with van der Waals surface area (Å²) >= 11 is 4.15. The lowest BCUT2D eigenvalue weighted by atomic mass is 10.2. The van der Waals surface area contributed by atoms with Crippen LogP contribution in [0.2, 0.25) is 0 Å². The summed E-state index contributed by atoms with van der Waals surface area (Å²) in [5.41, 5.74) is 1.70. The Morgan fingerprint density at radius 3 is 2.85 bits per heavy atom. The van der Waals surface area contributed by atoms with Crippen molar-refractivity contribution in [2.75, 3.05) is 18.5 Å². The lowest BCUT2D eigenvalue weighted by Gasteiger charge is -2.08. The van der Waals surface area contributed by atoms with E-state index in [1.54, 1.807) is 24.3 Å². The van der Waals surface area contributed by atoms with Gasteiger partial charge in [-0.1, -0.05) is 22.0 Å². The second-order valence-corrected chi connectivity index (χ2v) is 6.45. The zero-order chi connectivity index (χ0) is 18.5. The normalized spacial score (nSPS) is 10.5. The van der Waals surface area contributed by atoms with Gasteiger partial charge in [0.2, 0.25) is 0 Å². The van der Waals surface area contributed by atoms with Crippen molar-refractivity contribution in [1.29, 1.82) is 0 Å². The first-order valence-corrected chi connectivity index (χ1v) is 8.80. The van der Waals surface area contributed by atoms with Gasteiger partial charge < -0.3 is 14.8 Å². The zero-order valence-corrected chi connectivity index (χ0v) is 15.5. The lowest BCUT2D eigenvalue weighted by Crippen LogP contribution is -2.23. The first-order chi connectivity index (χ1) is 12.5. The fourth-order valence-electron chi connectivity index (χ4n) is 2.01. The van der Waals surface area contributed by atoms with E-state index in [1.165, 1.54) is 12.1 Å². The molecule has 0 bridgehead atoms. The molecule has 3 aromatic rings. The van der Waals surface area contributed by atoms with E-state index in [4.69, 9.17) is 9.47 Å². The standard InChI is InChI=1S/C16H11BrFN3O4S/c17-9-4-5-13(10(18)6-9)24-8-15(23)25-7-14(22)19-11-2-1-3-12-16(11)21-26-20-12/h1-6H,7-8H2,(H,19,22). The molecule has 134 valence electrons. The second-order valence-electron chi connectivity index (χ2n) is 5.01. The Bertz CT molecular complexity index is 966. The molecule has 7 nitrogen and oxygen atoms in total. The number of ether oxygens (including phenoxy) is 2. The van der Waals surface area contributed by atoms with Crippen LogP contribution < -0.4 is 10.1 Å². The summed E-state index contributed by atoms with van der Waals surface area (Å²) in [6.07, 6.45) is 0. The molecule has 1 amide bonds. The van der Waals surface area contributed by atoms with Gasteiger partial charge in [0, 0.05) is 4.47 Å². The third kappa shape index (κ3) is 4.52. The number of esters is 1. The van der Waals surface area contributed by atoms with Crippen LogP contribution in [0, 0.1) is 5.82 Å². The number of benzene rings is 2. The van der Waals surface area contributed by atoms with E-state index in [0.29, 0.717) is 21.2 Å². The molecule has 0 fully saturated rings. The molecule has 0 saturated heterocycles.